The van der Waals surface area contributed by atoms with Crippen LogP contribution in [0.5, 0.6) is 0 Å². The number of benzene rings is 1. The Kier molecular flexibility index (Phi) is 1.61. The highest BCUT2D eigenvalue weighted by atomic mass is 16.6. The van der Waals surface area contributed by atoms with E-state index in [1.165, 1.54) is 5.56 Å². The second kappa shape index (κ2) is 2.76. The Morgan fingerprint density at radius 1 is 1.18 bits per heavy atom. The molecule has 1 aliphatic rings. The monoisotopic (exact) mass is 147 g/mol. The van der Waals surface area contributed by atoms with E-state index in [-0.39, 0.29) is 0 Å². The van der Waals surface area contributed by atoms with Gasteiger partial charge < -0.3 is 0 Å². The van der Waals surface area contributed by atoms with Crippen LogP contribution in [-0.4, -0.2) is 6.61 Å². The van der Waals surface area contributed by atoms with Crippen LogP contribution in [0.1, 0.15) is 5.56 Å². The summed E-state index contributed by atoms with van der Waals surface area (Å²) < 4.78 is 0. The summed E-state index contributed by atoms with van der Waals surface area (Å²) >= 11 is 0. The van der Waals surface area contributed by atoms with E-state index in [0.717, 1.165) is 5.70 Å². The lowest BCUT2D eigenvalue weighted by Gasteiger charge is -2.01. The largest absolute Gasteiger partial charge is 0.272 e. The third-order valence-electron chi connectivity index (χ3n) is 1.64. The van der Waals surface area contributed by atoms with Crippen LogP contribution >= 0.6 is 0 Å². The molecule has 0 aliphatic carbocycles. The van der Waals surface area contributed by atoms with Crippen LogP contribution < -0.4 is 5.48 Å². The van der Waals surface area contributed by atoms with Gasteiger partial charge in [0.15, 0.2) is 0 Å². The van der Waals surface area contributed by atoms with E-state index < -0.39 is 0 Å². The Bertz CT molecular complexity index is 266. The van der Waals surface area contributed by atoms with Gasteiger partial charge in [-0.05, 0) is 11.6 Å². The fraction of sp³-hybridized carbons (Fsp3) is 0.111. The third-order valence-corrected chi connectivity index (χ3v) is 1.64. The summed E-state index contributed by atoms with van der Waals surface area (Å²) in [7, 11) is 0. The maximum absolute atomic E-state index is 4.97. The Morgan fingerprint density at radius 2 is 2.00 bits per heavy atom. The average Bonchev–Trinajstić information content (AvgIpc) is 2.58. The van der Waals surface area contributed by atoms with Crippen molar-refractivity contribution < 1.29 is 4.84 Å². The molecule has 0 radical (unpaired) electrons. The maximum Gasteiger partial charge on any atom is 0.0951 e. The zero-order chi connectivity index (χ0) is 7.52. The molecule has 0 amide bonds. The summed E-state index contributed by atoms with van der Waals surface area (Å²) in [6.07, 6.45) is 2.02. The fourth-order valence-corrected chi connectivity index (χ4v) is 1.08. The van der Waals surface area contributed by atoms with E-state index in [4.69, 9.17) is 4.84 Å². The number of hydrogen-bond donors (Lipinski definition) is 1. The van der Waals surface area contributed by atoms with Crippen LogP contribution in [0.2, 0.25) is 0 Å². The van der Waals surface area contributed by atoms with Gasteiger partial charge in [0.05, 0.1) is 12.3 Å². The molecule has 1 aromatic rings. The van der Waals surface area contributed by atoms with Gasteiger partial charge in [0, 0.05) is 0 Å². The first-order chi connectivity index (χ1) is 5.47. The Labute approximate surface area is 65.4 Å². The van der Waals surface area contributed by atoms with Crippen molar-refractivity contribution in [3.8, 4) is 0 Å². The van der Waals surface area contributed by atoms with Crippen LogP contribution in [0.3, 0.4) is 0 Å². The highest BCUT2D eigenvalue weighted by Crippen LogP contribution is 2.13. The average molecular weight is 147 g/mol. The van der Waals surface area contributed by atoms with Gasteiger partial charge in [-0.1, -0.05) is 30.3 Å². The molecule has 2 heteroatoms. The van der Waals surface area contributed by atoms with Crippen molar-refractivity contribution in [1.29, 1.82) is 0 Å². The van der Waals surface area contributed by atoms with Crippen LogP contribution in [0, 0.1) is 0 Å². The van der Waals surface area contributed by atoms with Crippen molar-refractivity contribution in [2.45, 2.75) is 0 Å². The molecule has 0 bridgehead atoms. The smallest absolute Gasteiger partial charge is 0.0951 e. The first kappa shape index (κ1) is 6.43. The molecule has 56 valence electrons. The normalized spacial score (nSPS) is 15.8. The predicted molar refractivity (Wildman–Crippen MR) is 43.5 cm³/mol. The summed E-state index contributed by atoms with van der Waals surface area (Å²) in [5.74, 6) is 0. The third kappa shape index (κ3) is 1.25. The molecule has 1 N–H and O–H groups in total. The molecule has 0 saturated heterocycles. The van der Waals surface area contributed by atoms with E-state index in [1.807, 2.05) is 36.4 Å². The molecule has 1 heterocycles. The molecule has 0 saturated carbocycles. The van der Waals surface area contributed by atoms with Gasteiger partial charge in [-0.15, -0.1) is 0 Å². The molecule has 0 unspecified atom stereocenters. The molecule has 1 aliphatic heterocycles. The predicted octanol–water partition coefficient (Wildman–Crippen LogP) is 1.56. The molecule has 1 aromatic carbocycles. The zero-order valence-corrected chi connectivity index (χ0v) is 6.08. The molecule has 11 heavy (non-hydrogen) atoms. The number of hydrogen-bond acceptors (Lipinski definition) is 2. The minimum atomic E-state index is 0.657. The summed E-state index contributed by atoms with van der Waals surface area (Å²) in [4.78, 5) is 4.97. The lowest BCUT2D eigenvalue weighted by atomic mass is 10.2. The fourth-order valence-electron chi connectivity index (χ4n) is 1.08. The van der Waals surface area contributed by atoms with Gasteiger partial charge in [-0.25, -0.2) is 0 Å². The number of hydroxylamine groups is 1. The number of rotatable bonds is 1. The van der Waals surface area contributed by atoms with Crippen LogP contribution in [-0.2, 0) is 4.84 Å². The highest BCUT2D eigenvalue weighted by molar-refractivity contribution is 5.63. The second-order valence-corrected chi connectivity index (χ2v) is 2.40. The SMILES string of the molecule is C1=C(c2ccccc2)NOC1. The van der Waals surface area contributed by atoms with Crippen molar-refractivity contribution in [2.24, 2.45) is 0 Å². The lowest BCUT2D eigenvalue weighted by molar-refractivity contribution is 0.121. The second-order valence-electron chi connectivity index (χ2n) is 2.40. The summed E-state index contributed by atoms with van der Waals surface area (Å²) in [5.41, 5.74) is 5.07. The van der Waals surface area contributed by atoms with Crippen molar-refractivity contribution in [3.05, 3.63) is 42.0 Å². The maximum atomic E-state index is 4.97. The molecular weight excluding hydrogens is 138 g/mol. The van der Waals surface area contributed by atoms with Gasteiger partial charge in [-0.3, -0.25) is 10.3 Å². The first-order valence-corrected chi connectivity index (χ1v) is 3.60. The summed E-state index contributed by atoms with van der Waals surface area (Å²) in [6.45, 7) is 0.657. The number of nitrogens with one attached hydrogen (secondary N) is 1. The van der Waals surface area contributed by atoms with E-state index in [0.29, 0.717) is 6.61 Å². The Balaban J connectivity index is 2.29. The van der Waals surface area contributed by atoms with Gasteiger partial charge >= 0.3 is 0 Å². The Hall–Kier alpha value is -1.28. The molecule has 0 spiro atoms. The minimum Gasteiger partial charge on any atom is -0.272 e. The van der Waals surface area contributed by atoms with Crippen molar-refractivity contribution >= 4 is 5.70 Å². The van der Waals surface area contributed by atoms with Crippen LogP contribution in [0.15, 0.2) is 36.4 Å². The van der Waals surface area contributed by atoms with Crippen molar-refractivity contribution in [1.82, 2.24) is 5.48 Å². The molecule has 2 nitrogen and oxygen atoms in total. The summed E-state index contributed by atoms with van der Waals surface area (Å²) in [5, 5.41) is 0. The standard InChI is InChI=1S/C9H9NO/c1-2-4-8(5-3-1)9-6-7-11-10-9/h1-6,10H,7H2. The minimum absolute atomic E-state index is 0.657. The molecule has 0 aromatic heterocycles. The van der Waals surface area contributed by atoms with Gasteiger partial charge in [0.1, 0.15) is 0 Å². The molecule has 0 atom stereocenters. The van der Waals surface area contributed by atoms with Gasteiger partial charge in [0.25, 0.3) is 0 Å². The summed E-state index contributed by atoms with van der Waals surface area (Å²) in [6, 6.07) is 10.1. The van der Waals surface area contributed by atoms with Crippen molar-refractivity contribution in [2.75, 3.05) is 6.61 Å². The van der Waals surface area contributed by atoms with Crippen molar-refractivity contribution in [3.63, 3.8) is 0 Å². The molecule has 0 fully saturated rings. The lowest BCUT2D eigenvalue weighted by Crippen LogP contribution is -2.04. The molecular formula is C9H9NO. The zero-order valence-electron chi connectivity index (χ0n) is 6.08. The van der Waals surface area contributed by atoms with E-state index in [1.54, 1.807) is 0 Å². The quantitative estimate of drug-likeness (QED) is 0.651. The first-order valence-electron chi connectivity index (χ1n) is 3.60. The van der Waals surface area contributed by atoms with Gasteiger partial charge in [-0.2, -0.15) is 0 Å². The van der Waals surface area contributed by atoms with E-state index in [9.17, 15) is 0 Å². The van der Waals surface area contributed by atoms with Gasteiger partial charge in [0.2, 0.25) is 0 Å². The molecule has 2 rings (SSSR count). The van der Waals surface area contributed by atoms with E-state index in [2.05, 4.69) is 5.48 Å². The van der Waals surface area contributed by atoms with E-state index >= 15 is 0 Å². The topological polar surface area (TPSA) is 21.3 Å². The highest BCUT2D eigenvalue weighted by Gasteiger charge is 2.04. The Morgan fingerprint density at radius 3 is 2.64 bits per heavy atom. The van der Waals surface area contributed by atoms with Crippen LogP contribution in [0.4, 0.5) is 0 Å². The van der Waals surface area contributed by atoms with Crippen LogP contribution in [0.25, 0.3) is 5.70 Å².